The van der Waals surface area contributed by atoms with E-state index in [9.17, 15) is 4.79 Å². The van der Waals surface area contributed by atoms with Crippen LogP contribution in [0, 0.1) is 0 Å². The molecule has 0 unspecified atom stereocenters. The Balaban J connectivity index is 1.27. The quantitative estimate of drug-likeness (QED) is 0.713. The summed E-state index contributed by atoms with van der Waals surface area (Å²) in [4.78, 5) is 16.8. The second-order valence-corrected chi connectivity index (χ2v) is 7.95. The van der Waals surface area contributed by atoms with E-state index in [1.807, 2.05) is 25.1 Å². The zero-order chi connectivity index (χ0) is 19.6. The second-order valence-electron chi connectivity index (χ2n) is 7.95. The van der Waals surface area contributed by atoms with Gasteiger partial charge in [-0.05, 0) is 57.4 Å². The van der Waals surface area contributed by atoms with Gasteiger partial charge >= 0.3 is 6.09 Å². The van der Waals surface area contributed by atoms with Gasteiger partial charge in [-0.2, -0.15) is 0 Å². The molecular formula is C21H30N2O5. The third-order valence-electron chi connectivity index (χ3n) is 6.14. The van der Waals surface area contributed by atoms with Crippen LogP contribution in [-0.4, -0.2) is 73.7 Å². The highest BCUT2D eigenvalue weighted by molar-refractivity contribution is 5.68. The fourth-order valence-corrected chi connectivity index (χ4v) is 4.47. The molecule has 3 aliphatic rings. The molecule has 1 spiro atoms. The van der Waals surface area contributed by atoms with Gasteiger partial charge in [-0.3, -0.25) is 4.90 Å². The monoisotopic (exact) mass is 390 g/mol. The van der Waals surface area contributed by atoms with E-state index in [0.29, 0.717) is 13.2 Å². The van der Waals surface area contributed by atoms with Gasteiger partial charge in [0.1, 0.15) is 6.61 Å². The van der Waals surface area contributed by atoms with Crippen molar-refractivity contribution in [1.29, 1.82) is 0 Å². The molecule has 1 amide bonds. The van der Waals surface area contributed by atoms with Crippen LogP contribution in [0.15, 0.2) is 18.2 Å². The summed E-state index contributed by atoms with van der Waals surface area (Å²) in [6.45, 7) is 8.83. The molecule has 0 N–H and O–H groups in total. The third-order valence-corrected chi connectivity index (χ3v) is 6.14. The molecule has 1 atom stereocenters. The Labute approximate surface area is 166 Å². The number of carbonyl (C=O) groups is 1. The number of hydrogen-bond acceptors (Lipinski definition) is 6. The average molecular weight is 390 g/mol. The van der Waals surface area contributed by atoms with Crippen molar-refractivity contribution >= 4 is 6.09 Å². The van der Waals surface area contributed by atoms with E-state index in [0.717, 1.165) is 49.8 Å². The van der Waals surface area contributed by atoms with E-state index in [4.69, 9.17) is 18.9 Å². The standard InChI is InChI=1S/C21H30N2O5/c1-3-23(16(2)11-17-5-6-18-19(12-17)28-15-27-18)20(24)26-10-9-22-8-4-7-21(22)13-25-14-21/h5-6,12,16H,3-4,7-11,13-15H2,1-2H3/t16-/m0/s1. The van der Waals surface area contributed by atoms with Crippen molar-refractivity contribution in [1.82, 2.24) is 9.80 Å². The minimum Gasteiger partial charge on any atom is -0.454 e. The molecule has 4 rings (SSSR count). The number of amides is 1. The fraction of sp³-hybridized carbons (Fsp3) is 0.667. The molecule has 3 aliphatic heterocycles. The lowest BCUT2D eigenvalue weighted by molar-refractivity contribution is -0.125. The first-order chi connectivity index (χ1) is 13.6. The average Bonchev–Trinajstić information content (AvgIpc) is 3.28. The van der Waals surface area contributed by atoms with Crippen molar-refractivity contribution < 1.29 is 23.7 Å². The molecule has 7 heteroatoms. The SMILES string of the molecule is CCN(C(=O)OCCN1CCCC12COC2)[C@@H](C)Cc1ccc2c(c1)OCO2. The number of carbonyl (C=O) groups excluding carboxylic acids is 1. The summed E-state index contributed by atoms with van der Waals surface area (Å²) >= 11 is 0. The molecule has 2 saturated heterocycles. The largest absolute Gasteiger partial charge is 0.454 e. The van der Waals surface area contributed by atoms with E-state index in [1.165, 1.54) is 12.8 Å². The Morgan fingerprint density at radius 1 is 1.32 bits per heavy atom. The normalized spacial score (nSPS) is 20.8. The zero-order valence-corrected chi connectivity index (χ0v) is 16.8. The van der Waals surface area contributed by atoms with Crippen LogP contribution in [0.3, 0.4) is 0 Å². The highest BCUT2D eigenvalue weighted by Gasteiger charge is 2.46. The minimum atomic E-state index is -0.242. The fourth-order valence-electron chi connectivity index (χ4n) is 4.47. The number of likely N-dealkylation sites (N-methyl/N-ethyl adjacent to an activating group) is 1. The first kappa shape index (κ1) is 19.3. The number of hydrogen-bond donors (Lipinski definition) is 0. The van der Waals surface area contributed by atoms with E-state index in [1.54, 1.807) is 4.90 Å². The molecular weight excluding hydrogens is 360 g/mol. The van der Waals surface area contributed by atoms with Gasteiger partial charge in [0.25, 0.3) is 0 Å². The third kappa shape index (κ3) is 3.78. The zero-order valence-electron chi connectivity index (χ0n) is 16.8. The van der Waals surface area contributed by atoms with Gasteiger partial charge in [0, 0.05) is 19.1 Å². The van der Waals surface area contributed by atoms with E-state index in [-0.39, 0.29) is 24.5 Å². The summed E-state index contributed by atoms with van der Waals surface area (Å²) in [5.41, 5.74) is 1.33. The van der Waals surface area contributed by atoms with Gasteiger partial charge in [0.2, 0.25) is 6.79 Å². The maximum absolute atomic E-state index is 12.6. The van der Waals surface area contributed by atoms with Crippen LogP contribution in [0.1, 0.15) is 32.3 Å². The molecule has 0 aliphatic carbocycles. The topological polar surface area (TPSA) is 60.5 Å². The first-order valence-corrected chi connectivity index (χ1v) is 10.3. The Morgan fingerprint density at radius 2 is 2.14 bits per heavy atom. The maximum Gasteiger partial charge on any atom is 0.410 e. The van der Waals surface area contributed by atoms with Crippen molar-refractivity contribution in [2.45, 2.75) is 44.7 Å². The van der Waals surface area contributed by atoms with Crippen LogP contribution in [-0.2, 0) is 15.9 Å². The molecule has 154 valence electrons. The van der Waals surface area contributed by atoms with Crippen molar-refractivity contribution in [3.63, 3.8) is 0 Å². The van der Waals surface area contributed by atoms with Crippen LogP contribution < -0.4 is 9.47 Å². The molecule has 2 fully saturated rings. The van der Waals surface area contributed by atoms with Crippen molar-refractivity contribution in [2.24, 2.45) is 0 Å². The summed E-state index contributed by atoms with van der Waals surface area (Å²) in [7, 11) is 0. The van der Waals surface area contributed by atoms with Gasteiger partial charge in [-0.25, -0.2) is 4.79 Å². The molecule has 7 nitrogen and oxygen atoms in total. The highest BCUT2D eigenvalue weighted by Crippen LogP contribution is 2.35. The predicted octanol–water partition coefficient (Wildman–Crippen LogP) is 2.67. The van der Waals surface area contributed by atoms with Crippen LogP contribution in [0.2, 0.25) is 0 Å². The van der Waals surface area contributed by atoms with Crippen molar-refractivity contribution in [3.05, 3.63) is 23.8 Å². The highest BCUT2D eigenvalue weighted by atomic mass is 16.7. The summed E-state index contributed by atoms with van der Waals surface area (Å²) in [6, 6.07) is 5.98. The lowest BCUT2D eigenvalue weighted by Gasteiger charge is -2.45. The molecule has 0 bridgehead atoms. The van der Waals surface area contributed by atoms with Crippen LogP contribution in [0.5, 0.6) is 11.5 Å². The molecule has 1 aromatic rings. The minimum absolute atomic E-state index is 0.0380. The summed E-state index contributed by atoms with van der Waals surface area (Å²) in [5.74, 6) is 1.55. The molecule has 0 aromatic heterocycles. The van der Waals surface area contributed by atoms with Crippen LogP contribution in [0.4, 0.5) is 4.79 Å². The predicted molar refractivity (Wildman–Crippen MR) is 104 cm³/mol. The van der Waals surface area contributed by atoms with E-state index in [2.05, 4.69) is 11.8 Å². The summed E-state index contributed by atoms with van der Waals surface area (Å²) < 4.78 is 21.8. The number of likely N-dealkylation sites (tertiary alicyclic amines) is 1. The molecule has 1 aromatic carbocycles. The number of benzene rings is 1. The van der Waals surface area contributed by atoms with Gasteiger partial charge in [0.15, 0.2) is 11.5 Å². The number of ether oxygens (including phenoxy) is 4. The summed E-state index contributed by atoms with van der Waals surface area (Å²) in [5, 5.41) is 0. The number of nitrogens with zero attached hydrogens (tertiary/aromatic N) is 2. The Hall–Kier alpha value is -1.99. The Bertz CT molecular complexity index is 706. The van der Waals surface area contributed by atoms with E-state index < -0.39 is 0 Å². The lowest BCUT2D eigenvalue weighted by atomic mass is 9.94. The van der Waals surface area contributed by atoms with Crippen LogP contribution in [0.25, 0.3) is 0 Å². The Morgan fingerprint density at radius 3 is 2.89 bits per heavy atom. The first-order valence-electron chi connectivity index (χ1n) is 10.3. The molecule has 28 heavy (non-hydrogen) atoms. The smallest absolute Gasteiger partial charge is 0.410 e. The lowest BCUT2D eigenvalue weighted by Crippen LogP contribution is -2.59. The van der Waals surface area contributed by atoms with Gasteiger partial charge in [-0.15, -0.1) is 0 Å². The van der Waals surface area contributed by atoms with E-state index >= 15 is 0 Å². The van der Waals surface area contributed by atoms with Crippen LogP contribution >= 0.6 is 0 Å². The van der Waals surface area contributed by atoms with Gasteiger partial charge in [-0.1, -0.05) is 6.07 Å². The molecule has 0 saturated carbocycles. The van der Waals surface area contributed by atoms with Gasteiger partial charge in [0.05, 0.1) is 18.8 Å². The number of fused-ring (bicyclic) bond motifs is 1. The summed E-state index contributed by atoms with van der Waals surface area (Å²) in [6.07, 6.45) is 2.89. The second kappa shape index (κ2) is 8.17. The maximum atomic E-state index is 12.6. The number of rotatable bonds is 7. The van der Waals surface area contributed by atoms with Gasteiger partial charge < -0.3 is 23.8 Å². The Kier molecular flexibility index (Phi) is 5.64. The van der Waals surface area contributed by atoms with Crippen molar-refractivity contribution in [3.8, 4) is 11.5 Å². The molecule has 3 heterocycles. The van der Waals surface area contributed by atoms with Crippen molar-refractivity contribution in [2.75, 3.05) is 46.2 Å². The molecule has 0 radical (unpaired) electrons.